The van der Waals surface area contributed by atoms with E-state index in [2.05, 4.69) is 11.4 Å². The molecule has 0 unspecified atom stereocenters. The summed E-state index contributed by atoms with van der Waals surface area (Å²) in [7, 11) is -4.25. The zero-order valence-corrected chi connectivity index (χ0v) is 16.8. The monoisotopic (exact) mass is 348 g/mol. The van der Waals surface area contributed by atoms with Gasteiger partial charge in [0.25, 0.3) is 0 Å². The molecule has 2 N–H and O–H groups in total. The summed E-state index contributed by atoms with van der Waals surface area (Å²) in [6.07, 6.45) is 17.8. The molecular weight excluding hydrogens is 311 g/mol. The van der Waals surface area contributed by atoms with Gasteiger partial charge in [-0.05, 0) is 6.42 Å². The van der Waals surface area contributed by atoms with Crippen molar-refractivity contribution in [2.24, 2.45) is 0 Å². The third-order valence-electron chi connectivity index (χ3n) is 3.76. The number of unbranched alkanes of at least 4 members (excludes halogenated alkanes) is 13. The van der Waals surface area contributed by atoms with Crippen molar-refractivity contribution < 1.29 is 21.7 Å². The molecule has 0 aliphatic heterocycles. The predicted molar refractivity (Wildman–Crippen MR) is 96.3 cm³/mol. The molecule has 0 radical (unpaired) electrons. The van der Waals surface area contributed by atoms with Crippen LogP contribution in [0.25, 0.3) is 0 Å². The van der Waals surface area contributed by atoms with Crippen LogP contribution >= 0.6 is 7.82 Å². The van der Waals surface area contributed by atoms with Crippen LogP contribution in [-0.2, 0) is 9.09 Å². The summed E-state index contributed by atoms with van der Waals surface area (Å²) in [5.41, 5.74) is 0. The maximum absolute atomic E-state index is 10.4. The Kier molecular flexibility index (Phi) is 20.8. The molecule has 22 heavy (non-hydrogen) atoms. The van der Waals surface area contributed by atoms with Crippen LogP contribution in [0.2, 0.25) is 0 Å². The molecular formula is C16H37MgO4P. The fourth-order valence-corrected chi connectivity index (χ4v) is 2.85. The molecule has 0 heterocycles. The Hall–Kier alpha value is 0.876. The van der Waals surface area contributed by atoms with Gasteiger partial charge in [-0.3, -0.25) is 4.52 Å². The molecule has 4 nitrogen and oxygen atoms in total. The fraction of sp³-hybridized carbons (Fsp3) is 1.00. The van der Waals surface area contributed by atoms with E-state index in [0.29, 0.717) is 0 Å². The fourth-order valence-electron chi connectivity index (χ4n) is 2.48. The van der Waals surface area contributed by atoms with E-state index in [1.807, 2.05) is 0 Å². The van der Waals surface area contributed by atoms with E-state index in [9.17, 15) is 4.57 Å². The SMILES string of the molecule is CCCCCCCCCCCCCCCCOP(=O)(O)O.[H-].[H-].[Mg+2]. The van der Waals surface area contributed by atoms with Gasteiger partial charge in [0.05, 0.1) is 6.61 Å². The van der Waals surface area contributed by atoms with Crippen molar-refractivity contribution in [3.8, 4) is 0 Å². The van der Waals surface area contributed by atoms with E-state index in [1.54, 1.807) is 0 Å². The van der Waals surface area contributed by atoms with Crippen LogP contribution in [0.5, 0.6) is 0 Å². The summed E-state index contributed by atoms with van der Waals surface area (Å²) in [6.45, 7) is 2.42. The summed E-state index contributed by atoms with van der Waals surface area (Å²) in [5, 5.41) is 0. The molecule has 0 aromatic heterocycles. The topological polar surface area (TPSA) is 66.8 Å². The van der Waals surface area contributed by atoms with Crippen molar-refractivity contribution in [2.45, 2.75) is 96.8 Å². The first kappa shape index (κ1) is 25.1. The minimum atomic E-state index is -4.25. The predicted octanol–water partition coefficient (Wildman–Crippen LogP) is 5.42. The van der Waals surface area contributed by atoms with Crippen LogP contribution in [0.4, 0.5) is 0 Å². The third kappa shape index (κ3) is 23.1. The molecule has 0 saturated heterocycles. The Labute approximate surface area is 156 Å². The normalized spacial score (nSPS) is 11.4. The van der Waals surface area contributed by atoms with Gasteiger partial charge in [0.1, 0.15) is 0 Å². The van der Waals surface area contributed by atoms with E-state index >= 15 is 0 Å². The first-order valence-corrected chi connectivity index (χ1v) is 10.3. The Morgan fingerprint density at radius 2 is 1.05 bits per heavy atom. The van der Waals surface area contributed by atoms with Crippen LogP contribution in [0.3, 0.4) is 0 Å². The zero-order chi connectivity index (χ0) is 15.8. The Morgan fingerprint density at radius 1 is 0.727 bits per heavy atom. The maximum Gasteiger partial charge on any atom is 2.00 e. The van der Waals surface area contributed by atoms with Crippen LogP contribution in [-0.4, -0.2) is 39.4 Å². The number of hydrogen-bond donors (Lipinski definition) is 2. The van der Waals surface area contributed by atoms with E-state index < -0.39 is 7.82 Å². The number of phosphoric acid groups is 1. The zero-order valence-electron chi connectivity index (χ0n) is 16.5. The first-order chi connectivity index (χ1) is 10.1. The minimum Gasteiger partial charge on any atom is -1.00 e. The van der Waals surface area contributed by atoms with Gasteiger partial charge in [-0.15, -0.1) is 0 Å². The van der Waals surface area contributed by atoms with Crippen LogP contribution < -0.4 is 0 Å². The Morgan fingerprint density at radius 3 is 1.36 bits per heavy atom. The maximum atomic E-state index is 10.4. The van der Waals surface area contributed by atoms with Gasteiger partial charge >= 0.3 is 30.9 Å². The second kappa shape index (κ2) is 18.2. The van der Waals surface area contributed by atoms with Crippen molar-refractivity contribution in [1.29, 1.82) is 0 Å². The molecule has 0 aromatic rings. The molecule has 132 valence electrons. The molecule has 0 bridgehead atoms. The van der Waals surface area contributed by atoms with Gasteiger partial charge in [0.2, 0.25) is 0 Å². The van der Waals surface area contributed by atoms with E-state index in [4.69, 9.17) is 9.79 Å². The van der Waals surface area contributed by atoms with Crippen LogP contribution in [0.15, 0.2) is 0 Å². The van der Waals surface area contributed by atoms with Gasteiger partial charge in [0, 0.05) is 0 Å². The summed E-state index contributed by atoms with van der Waals surface area (Å²) in [6, 6.07) is 0. The standard InChI is InChI=1S/C16H35O4P.Mg.2H/c1-2-3-4-5-6-7-8-9-10-11-12-13-14-15-16-20-21(17,18)19;;;/h2-16H2,1H3,(H2,17,18,19);;;/q;+2;2*-1. The summed E-state index contributed by atoms with van der Waals surface area (Å²) in [4.78, 5) is 17.0. The molecule has 0 aromatic carbocycles. The second-order valence-corrected chi connectivity index (χ2v) is 7.16. The smallest absolute Gasteiger partial charge is 1.00 e. The number of hydrogen-bond acceptors (Lipinski definition) is 2. The summed E-state index contributed by atoms with van der Waals surface area (Å²) in [5.74, 6) is 0. The quantitative estimate of drug-likeness (QED) is 0.222. The van der Waals surface area contributed by atoms with Crippen LogP contribution in [0, 0.1) is 0 Å². The van der Waals surface area contributed by atoms with Gasteiger partial charge in [-0.2, -0.15) is 0 Å². The minimum absolute atomic E-state index is 0. The van der Waals surface area contributed by atoms with E-state index in [1.165, 1.54) is 70.6 Å². The Bertz CT molecular complexity index is 268. The largest absolute Gasteiger partial charge is 2.00 e. The molecule has 0 amide bonds. The molecule has 0 aliphatic carbocycles. The molecule has 0 spiro atoms. The third-order valence-corrected chi connectivity index (χ3v) is 4.28. The van der Waals surface area contributed by atoms with Gasteiger partial charge in [0.15, 0.2) is 0 Å². The van der Waals surface area contributed by atoms with Crippen molar-refractivity contribution in [3.63, 3.8) is 0 Å². The number of rotatable bonds is 16. The molecule has 0 fully saturated rings. The molecule has 0 atom stereocenters. The van der Waals surface area contributed by atoms with Gasteiger partial charge in [-0.25, -0.2) is 4.57 Å². The first-order valence-electron chi connectivity index (χ1n) is 8.76. The van der Waals surface area contributed by atoms with Gasteiger partial charge < -0.3 is 12.6 Å². The van der Waals surface area contributed by atoms with Crippen molar-refractivity contribution in [2.75, 3.05) is 6.61 Å². The average Bonchev–Trinajstić information content (AvgIpc) is 2.42. The molecule has 0 saturated carbocycles. The summed E-state index contributed by atoms with van der Waals surface area (Å²) >= 11 is 0. The molecule has 6 heteroatoms. The van der Waals surface area contributed by atoms with Crippen molar-refractivity contribution >= 4 is 30.9 Å². The summed E-state index contributed by atoms with van der Waals surface area (Å²) < 4.78 is 14.8. The Balaban J connectivity index is -0.000000667. The van der Waals surface area contributed by atoms with E-state index in [0.717, 1.165) is 19.3 Å². The number of phosphoric ester groups is 1. The van der Waals surface area contributed by atoms with Crippen LogP contribution in [0.1, 0.15) is 99.7 Å². The van der Waals surface area contributed by atoms with E-state index in [-0.39, 0.29) is 32.5 Å². The second-order valence-electron chi connectivity index (χ2n) is 5.92. The molecule has 0 rings (SSSR count). The molecule has 0 aliphatic rings. The van der Waals surface area contributed by atoms with Crippen molar-refractivity contribution in [1.82, 2.24) is 0 Å². The average molecular weight is 349 g/mol. The van der Waals surface area contributed by atoms with Gasteiger partial charge in [-0.1, -0.05) is 90.4 Å². The van der Waals surface area contributed by atoms with Crippen molar-refractivity contribution in [3.05, 3.63) is 0 Å².